The van der Waals surface area contributed by atoms with Crippen LogP contribution in [0.3, 0.4) is 0 Å². The first kappa shape index (κ1) is 8.74. The number of alkyl halides is 3. The average molecular weight is 195 g/mol. The summed E-state index contributed by atoms with van der Waals surface area (Å²) in [7, 11) is 0. The zero-order chi connectivity index (χ0) is 8.82. The van der Waals surface area contributed by atoms with Crippen LogP contribution in [0.1, 0.15) is 32.1 Å². The fraction of sp³-hybridized carbons (Fsp3) is 1.00. The zero-order valence-electron chi connectivity index (χ0n) is 6.95. The molecule has 1 unspecified atom stereocenters. The summed E-state index contributed by atoms with van der Waals surface area (Å²) in [5.74, 6) is -2.13. The Hall–Kier alpha value is 0.150. The van der Waals surface area contributed by atoms with Crippen molar-refractivity contribution in [3.05, 3.63) is 0 Å². The maximum absolute atomic E-state index is 12.6. The van der Waals surface area contributed by atoms with Crippen LogP contribution in [0.25, 0.3) is 0 Å². The van der Waals surface area contributed by atoms with Crippen molar-refractivity contribution >= 4 is 11.6 Å². The first-order valence-corrected chi connectivity index (χ1v) is 5.05. The van der Waals surface area contributed by atoms with Crippen molar-refractivity contribution in [2.45, 2.75) is 38.0 Å². The first-order valence-electron chi connectivity index (χ1n) is 4.52. The third-order valence-corrected chi connectivity index (χ3v) is 3.90. The molecular formula is C9H13ClF2. The molecule has 2 saturated carbocycles. The van der Waals surface area contributed by atoms with Crippen LogP contribution in [0.2, 0.25) is 0 Å². The molecule has 2 aliphatic rings. The monoisotopic (exact) mass is 194 g/mol. The van der Waals surface area contributed by atoms with E-state index in [4.69, 9.17) is 11.6 Å². The number of hydrogen-bond acceptors (Lipinski definition) is 0. The van der Waals surface area contributed by atoms with E-state index < -0.39 is 5.92 Å². The van der Waals surface area contributed by atoms with Crippen LogP contribution in [0, 0.1) is 11.3 Å². The predicted molar refractivity (Wildman–Crippen MR) is 44.7 cm³/mol. The summed E-state index contributed by atoms with van der Waals surface area (Å²) in [4.78, 5) is 0. The van der Waals surface area contributed by atoms with Gasteiger partial charge < -0.3 is 0 Å². The summed E-state index contributed by atoms with van der Waals surface area (Å²) in [6, 6.07) is 0. The van der Waals surface area contributed by atoms with Gasteiger partial charge in [0.2, 0.25) is 0 Å². The van der Waals surface area contributed by atoms with E-state index in [2.05, 4.69) is 0 Å². The van der Waals surface area contributed by atoms with Crippen LogP contribution in [-0.4, -0.2) is 11.8 Å². The Labute approximate surface area is 76.3 Å². The molecule has 0 amide bonds. The predicted octanol–water partition coefficient (Wildman–Crippen LogP) is 3.44. The van der Waals surface area contributed by atoms with Gasteiger partial charge in [-0.2, -0.15) is 0 Å². The average Bonchev–Trinajstić information content (AvgIpc) is 2.50. The maximum atomic E-state index is 12.6. The lowest BCUT2D eigenvalue weighted by Gasteiger charge is -2.40. The van der Waals surface area contributed by atoms with Gasteiger partial charge in [0.25, 0.3) is 5.92 Å². The Bertz CT molecular complexity index is 181. The number of hydrogen-bond donors (Lipinski definition) is 0. The van der Waals surface area contributed by atoms with Crippen molar-refractivity contribution in [1.82, 2.24) is 0 Å². The van der Waals surface area contributed by atoms with Crippen molar-refractivity contribution in [3.63, 3.8) is 0 Å². The second kappa shape index (κ2) is 2.57. The van der Waals surface area contributed by atoms with E-state index in [9.17, 15) is 8.78 Å². The maximum Gasteiger partial charge on any atom is 0.251 e. The zero-order valence-corrected chi connectivity index (χ0v) is 7.71. The van der Waals surface area contributed by atoms with Crippen LogP contribution in [0.4, 0.5) is 8.78 Å². The minimum Gasteiger partial charge on any atom is -0.207 e. The Balaban J connectivity index is 1.86. The van der Waals surface area contributed by atoms with Gasteiger partial charge in [0.05, 0.1) is 0 Å². The molecule has 0 N–H and O–H groups in total. The van der Waals surface area contributed by atoms with Gasteiger partial charge in [0.15, 0.2) is 0 Å². The van der Waals surface area contributed by atoms with Crippen LogP contribution >= 0.6 is 11.6 Å². The molecule has 3 heteroatoms. The van der Waals surface area contributed by atoms with Crippen molar-refractivity contribution in [2.24, 2.45) is 11.3 Å². The first-order chi connectivity index (χ1) is 5.58. The molecule has 0 radical (unpaired) electrons. The molecule has 0 aromatic carbocycles. The van der Waals surface area contributed by atoms with Crippen molar-refractivity contribution in [1.29, 1.82) is 0 Å². The number of halogens is 3. The lowest BCUT2D eigenvalue weighted by molar-refractivity contribution is 0.0662. The third-order valence-electron chi connectivity index (χ3n) is 3.33. The highest BCUT2D eigenvalue weighted by Crippen LogP contribution is 2.58. The standard InChI is InChI=1S/C9H13ClF2/c10-6-8(2-1-3-8)4-7-5-9(7,11)12/h7H,1-6H2. The van der Waals surface area contributed by atoms with Gasteiger partial charge in [-0.05, 0) is 24.7 Å². The fourth-order valence-electron chi connectivity index (χ4n) is 2.08. The summed E-state index contributed by atoms with van der Waals surface area (Å²) in [6.07, 6.45) is 4.05. The molecule has 0 heterocycles. The van der Waals surface area contributed by atoms with E-state index in [0.29, 0.717) is 12.3 Å². The Kier molecular flexibility index (Phi) is 1.87. The van der Waals surface area contributed by atoms with Crippen LogP contribution in [0.15, 0.2) is 0 Å². The Morgan fingerprint density at radius 1 is 1.33 bits per heavy atom. The van der Waals surface area contributed by atoms with E-state index in [-0.39, 0.29) is 17.8 Å². The van der Waals surface area contributed by atoms with Gasteiger partial charge in [-0.1, -0.05) is 6.42 Å². The summed E-state index contributed by atoms with van der Waals surface area (Å²) in [5, 5.41) is 0. The molecule has 0 bridgehead atoms. The molecule has 0 spiro atoms. The Morgan fingerprint density at radius 3 is 2.17 bits per heavy atom. The second-order valence-electron chi connectivity index (χ2n) is 4.35. The van der Waals surface area contributed by atoms with Crippen molar-refractivity contribution in [3.8, 4) is 0 Å². The molecule has 0 aromatic rings. The number of rotatable bonds is 3. The highest BCUT2D eigenvalue weighted by Gasteiger charge is 2.59. The normalized spacial score (nSPS) is 35.8. The topological polar surface area (TPSA) is 0 Å². The fourth-order valence-corrected chi connectivity index (χ4v) is 2.46. The lowest BCUT2D eigenvalue weighted by atomic mass is 9.67. The molecule has 70 valence electrons. The molecule has 12 heavy (non-hydrogen) atoms. The molecule has 2 aliphatic carbocycles. The van der Waals surface area contributed by atoms with Crippen molar-refractivity contribution < 1.29 is 8.78 Å². The summed E-state index contributed by atoms with van der Waals surface area (Å²) in [5.41, 5.74) is 0.0894. The van der Waals surface area contributed by atoms with E-state index in [1.54, 1.807) is 0 Å². The van der Waals surface area contributed by atoms with E-state index in [0.717, 1.165) is 12.8 Å². The molecule has 2 rings (SSSR count). The molecule has 1 atom stereocenters. The summed E-state index contributed by atoms with van der Waals surface area (Å²) >= 11 is 5.78. The van der Waals surface area contributed by atoms with Gasteiger partial charge in [0, 0.05) is 18.2 Å². The molecular weight excluding hydrogens is 182 g/mol. The van der Waals surface area contributed by atoms with E-state index in [1.807, 2.05) is 0 Å². The van der Waals surface area contributed by atoms with E-state index in [1.165, 1.54) is 6.42 Å². The van der Waals surface area contributed by atoms with Crippen LogP contribution in [0.5, 0.6) is 0 Å². The SMILES string of the molecule is FC1(F)CC1CC1(CCl)CCC1. The van der Waals surface area contributed by atoms with E-state index >= 15 is 0 Å². The quantitative estimate of drug-likeness (QED) is 0.604. The largest absolute Gasteiger partial charge is 0.251 e. The highest BCUT2D eigenvalue weighted by atomic mass is 35.5. The van der Waals surface area contributed by atoms with Crippen molar-refractivity contribution in [2.75, 3.05) is 5.88 Å². The smallest absolute Gasteiger partial charge is 0.207 e. The lowest BCUT2D eigenvalue weighted by Crippen LogP contribution is -2.32. The summed E-state index contributed by atoms with van der Waals surface area (Å²) in [6.45, 7) is 0. The van der Waals surface area contributed by atoms with Gasteiger partial charge in [-0.15, -0.1) is 11.6 Å². The van der Waals surface area contributed by atoms with Gasteiger partial charge in [0.1, 0.15) is 0 Å². The van der Waals surface area contributed by atoms with Gasteiger partial charge in [-0.25, -0.2) is 8.78 Å². The second-order valence-corrected chi connectivity index (χ2v) is 4.62. The molecule has 2 fully saturated rings. The van der Waals surface area contributed by atoms with Gasteiger partial charge in [-0.3, -0.25) is 0 Å². The molecule has 0 aromatic heterocycles. The third kappa shape index (κ3) is 1.34. The van der Waals surface area contributed by atoms with Gasteiger partial charge >= 0.3 is 0 Å². The molecule has 0 saturated heterocycles. The minimum atomic E-state index is -2.35. The molecule has 0 nitrogen and oxygen atoms in total. The summed E-state index contributed by atoms with van der Waals surface area (Å²) < 4.78 is 25.2. The minimum absolute atomic E-state index is 0.0894. The van der Waals surface area contributed by atoms with Crippen LogP contribution in [-0.2, 0) is 0 Å². The van der Waals surface area contributed by atoms with Crippen LogP contribution < -0.4 is 0 Å². The molecule has 0 aliphatic heterocycles. The highest BCUT2D eigenvalue weighted by molar-refractivity contribution is 6.18. The Morgan fingerprint density at radius 2 is 1.92 bits per heavy atom.